The van der Waals surface area contributed by atoms with Gasteiger partial charge >= 0.3 is 24.5 Å². The van der Waals surface area contributed by atoms with E-state index in [4.69, 9.17) is 0 Å². The van der Waals surface area contributed by atoms with Gasteiger partial charge in [0.05, 0.1) is 0 Å². The Morgan fingerprint density at radius 3 is 0.850 bits per heavy atom. The van der Waals surface area contributed by atoms with Crippen LogP contribution in [0.4, 0.5) is 52.7 Å². The zero-order chi connectivity index (χ0) is 17.0. The molecule has 0 aliphatic carbocycles. The molecule has 0 aliphatic heterocycles. The van der Waals surface area contributed by atoms with Crippen LogP contribution in [0.5, 0.6) is 0 Å². The summed E-state index contributed by atoms with van der Waals surface area (Å²) >= 11 is 0. The zero-order valence-corrected chi connectivity index (χ0v) is 9.54. The fraction of sp³-hybridized carbons (Fsp3) is 1.00. The van der Waals surface area contributed by atoms with Crippen LogP contribution in [0.15, 0.2) is 0 Å². The zero-order valence-electron chi connectivity index (χ0n) is 9.54. The fourth-order valence-electron chi connectivity index (χ4n) is 1.27. The van der Waals surface area contributed by atoms with Crippen molar-refractivity contribution in [3.8, 4) is 0 Å². The first-order valence-corrected chi connectivity index (χ1v) is 4.52. The van der Waals surface area contributed by atoms with Gasteiger partial charge in [0.1, 0.15) is 0 Å². The smallest absolute Gasteiger partial charge is 0.236 e. The summed E-state index contributed by atoms with van der Waals surface area (Å²) in [5.74, 6) is -6.88. The highest BCUT2D eigenvalue weighted by Crippen LogP contribution is 2.64. The molecule has 0 heterocycles. The summed E-state index contributed by atoms with van der Waals surface area (Å²) in [6.45, 7) is -2.17. The van der Waals surface area contributed by atoms with E-state index in [-0.39, 0.29) is 0 Å². The number of hydrogen-bond acceptors (Lipinski definition) is 0. The van der Waals surface area contributed by atoms with E-state index in [1.165, 1.54) is 0 Å². The highest BCUT2D eigenvalue weighted by molar-refractivity contribution is 5.11. The largest absolute Gasteiger partial charge is 0.456 e. The van der Waals surface area contributed by atoms with E-state index in [2.05, 4.69) is 0 Å². The minimum Gasteiger partial charge on any atom is -0.236 e. The molecule has 0 aromatic carbocycles. The molecule has 0 amide bonds. The van der Waals surface area contributed by atoms with Gasteiger partial charge in [0, 0.05) is 0 Å². The molecule has 0 saturated heterocycles. The van der Waals surface area contributed by atoms with Crippen LogP contribution >= 0.6 is 0 Å². The Labute approximate surface area is 103 Å². The maximum absolute atomic E-state index is 13.5. The van der Waals surface area contributed by atoms with Crippen LogP contribution in [-0.2, 0) is 0 Å². The third-order valence-corrected chi connectivity index (χ3v) is 3.02. The molecule has 0 fully saturated rings. The second-order valence-corrected chi connectivity index (χ2v) is 4.20. The third kappa shape index (κ3) is 2.30. The van der Waals surface area contributed by atoms with Crippen molar-refractivity contribution in [2.24, 2.45) is 5.41 Å². The lowest BCUT2D eigenvalue weighted by Crippen LogP contribution is -2.69. The Kier molecular flexibility index (Phi) is 4.14. The Balaban J connectivity index is 6.38. The number of rotatable bonds is 2. The normalized spacial score (nSPS) is 18.9. The summed E-state index contributed by atoms with van der Waals surface area (Å²) in [6.07, 6.45) is -20.4. The molecule has 0 bridgehead atoms. The number of alkyl halides is 12. The van der Waals surface area contributed by atoms with Crippen molar-refractivity contribution in [2.75, 3.05) is 0 Å². The molecule has 0 nitrogen and oxygen atoms in total. The van der Waals surface area contributed by atoms with Crippen LogP contribution in [0.3, 0.4) is 0 Å². The second-order valence-electron chi connectivity index (χ2n) is 4.20. The summed E-state index contributed by atoms with van der Waals surface area (Å²) < 4.78 is 149. The number of halogens is 12. The first-order chi connectivity index (χ1) is 8.25. The fourth-order valence-corrected chi connectivity index (χ4v) is 1.27. The van der Waals surface area contributed by atoms with E-state index < -0.39 is 49.4 Å². The lowest BCUT2D eigenvalue weighted by Gasteiger charge is -2.46. The molecule has 0 N–H and O–H groups in total. The Hall–Kier alpha value is -0.840. The summed E-state index contributed by atoms with van der Waals surface area (Å²) in [5.41, 5.74) is -11.9. The van der Waals surface area contributed by atoms with E-state index in [0.717, 1.165) is 0 Å². The van der Waals surface area contributed by atoms with Crippen LogP contribution in [0.25, 0.3) is 0 Å². The summed E-state index contributed by atoms with van der Waals surface area (Å²) in [6, 6.07) is 0. The SMILES string of the molecule is CC(F)(C(F)(F)C(F)(F)F)C(C)(C(F)(F)F)C(F)(F)F. The molecule has 0 aliphatic rings. The molecule has 12 heteroatoms. The molecular formula is C8H6F12. The van der Waals surface area contributed by atoms with E-state index in [9.17, 15) is 52.7 Å². The van der Waals surface area contributed by atoms with Gasteiger partial charge in [-0.2, -0.15) is 48.3 Å². The summed E-state index contributed by atoms with van der Waals surface area (Å²) in [5, 5.41) is 0. The summed E-state index contributed by atoms with van der Waals surface area (Å²) in [4.78, 5) is 0. The molecule has 20 heavy (non-hydrogen) atoms. The van der Waals surface area contributed by atoms with Crippen molar-refractivity contribution >= 4 is 0 Å². The van der Waals surface area contributed by atoms with Gasteiger partial charge in [-0.05, 0) is 13.8 Å². The molecule has 0 rings (SSSR count). The minimum absolute atomic E-state index is 1.08. The molecule has 122 valence electrons. The molecule has 0 saturated carbocycles. The van der Waals surface area contributed by atoms with Crippen molar-refractivity contribution < 1.29 is 52.7 Å². The van der Waals surface area contributed by atoms with E-state index in [1.807, 2.05) is 0 Å². The molecule has 1 atom stereocenters. The topological polar surface area (TPSA) is 0 Å². The summed E-state index contributed by atoms with van der Waals surface area (Å²) in [7, 11) is 0. The Morgan fingerprint density at radius 2 is 0.700 bits per heavy atom. The van der Waals surface area contributed by atoms with Crippen molar-refractivity contribution in [1.29, 1.82) is 0 Å². The molecular weight excluding hydrogens is 324 g/mol. The van der Waals surface area contributed by atoms with Crippen LogP contribution in [0, 0.1) is 5.41 Å². The average Bonchev–Trinajstić information content (AvgIpc) is 2.10. The molecule has 0 aromatic heterocycles. The predicted octanol–water partition coefficient (Wildman–Crippen LogP) is 5.04. The van der Waals surface area contributed by atoms with Crippen molar-refractivity contribution in [3.05, 3.63) is 0 Å². The van der Waals surface area contributed by atoms with E-state index in [0.29, 0.717) is 0 Å². The average molecular weight is 330 g/mol. The standard InChI is InChI=1S/C8H6F12/c1-3(6(12,13)14,7(15,16)17)4(2,9)5(10,11)8(18,19)20/h1-2H3. The van der Waals surface area contributed by atoms with Crippen molar-refractivity contribution in [2.45, 2.75) is 44.0 Å². The van der Waals surface area contributed by atoms with Gasteiger partial charge in [0.15, 0.2) is 5.41 Å². The van der Waals surface area contributed by atoms with Gasteiger partial charge in [-0.15, -0.1) is 0 Å². The van der Waals surface area contributed by atoms with Crippen LogP contribution in [0.2, 0.25) is 0 Å². The first kappa shape index (κ1) is 19.2. The molecule has 1 unspecified atom stereocenters. The minimum atomic E-state index is -6.94. The quantitative estimate of drug-likeness (QED) is 0.622. The second kappa shape index (κ2) is 4.33. The highest BCUT2D eigenvalue weighted by atomic mass is 19.4. The van der Waals surface area contributed by atoms with Crippen LogP contribution in [-0.4, -0.2) is 30.1 Å². The van der Waals surface area contributed by atoms with Gasteiger partial charge in [0.25, 0.3) is 0 Å². The van der Waals surface area contributed by atoms with Crippen LogP contribution < -0.4 is 0 Å². The molecule has 0 aromatic rings. The molecule has 0 radical (unpaired) electrons. The van der Waals surface area contributed by atoms with Crippen LogP contribution in [0.1, 0.15) is 13.8 Å². The van der Waals surface area contributed by atoms with E-state index >= 15 is 0 Å². The van der Waals surface area contributed by atoms with E-state index in [1.54, 1.807) is 0 Å². The highest BCUT2D eigenvalue weighted by Gasteiger charge is 2.86. The monoisotopic (exact) mass is 330 g/mol. The Bertz CT molecular complexity index is 339. The van der Waals surface area contributed by atoms with Gasteiger partial charge in [-0.1, -0.05) is 0 Å². The van der Waals surface area contributed by atoms with Crippen molar-refractivity contribution in [3.63, 3.8) is 0 Å². The number of hydrogen-bond donors (Lipinski definition) is 0. The first-order valence-electron chi connectivity index (χ1n) is 4.52. The maximum Gasteiger partial charge on any atom is 0.456 e. The van der Waals surface area contributed by atoms with Crippen molar-refractivity contribution in [1.82, 2.24) is 0 Å². The van der Waals surface area contributed by atoms with Gasteiger partial charge in [-0.3, -0.25) is 0 Å². The predicted molar refractivity (Wildman–Crippen MR) is 40.7 cm³/mol. The molecule has 0 spiro atoms. The lowest BCUT2D eigenvalue weighted by molar-refractivity contribution is -0.423. The van der Waals surface area contributed by atoms with Gasteiger partial charge in [-0.25, -0.2) is 4.39 Å². The van der Waals surface area contributed by atoms with Gasteiger partial charge in [0.2, 0.25) is 5.67 Å². The third-order valence-electron chi connectivity index (χ3n) is 3.02. The maximum atomic E-state index is 13.5. The lowest BCUT2D eigenvalue weighted by atomic mass is 9.70. The van der Waals surface area contributed by atoms with Gasteiger partial charge < -0.3 is 0 Å². The Morgan fingerprint density at radius 1 is 0.450 bits per heavy atom.